The Hall–Kier alpha value is -3.90. The molecule has 2 rings (SSSR count). The van der Waals surface area contributed by atoms with Crippen molar-refractivity contribution >= 4 is 11.9 Å². The van der Waals surface area contributed by atoms with E-state index in [4.69, 9.17) is 37.9 Å². The Kier molecular flexibility index (Phi) is 14.9. The highest BCUT2D eigenvalue weighted by Gasteiger charge is 2.29. The highest BCUT2D eigenvalue weighted by Crippen LogP contribution is 2.39. The topological polar surface area (TPSA) is 132 Å². The first-order valence-electron chi connectivity index (χ1n) is 14.6. The van der Waals surface area contributed by atoms with Gasteiger partial charge in [0.2, 0.25) is 11.5 Å². The van der Waals surface area contributed by atoms with Gasteiger partial charge in [-0.3, -0.25) is 10.6 Å². The summed E-state index contributed by atoms with van der Waals surface area (Å²) >= 11 is 0. The maximum absolute atomic E-state index is 13.2. The number of benzene rings is 2. The van der Waals surface area contributed by atoms with Gasteiger partial charge in [-0.25, -0.2) is 9.59 Å². The van der Waals surface area contributed by atoms with Gasteiger partial charge in [-0.2, -0.15) is 0 Å². The average molecular weight is 621 g/mol. The summed E-state index contributed by atoms with van der Waals surface area (Å²) in [7, 11) is 12.4. The number of hydrogen-bond acceptors (Lipinski definition) is 12. The molecular weight excluding hydrogens is 572 g/mol. The zero-order chi connectivity index (χ0) is 32.8. The fourth-order valence-electron chi connectivity index (χ4n) is 5.11. The standard InChI is InChI=1S/C32H48N2O10/c1-11-19(29(33-3)43-31(35)21-15-23(37-5)27(41-9)24(16-21)38-6)13-14-20(12-2)30(34-4)44-32(36)22-17-25(39-7)28(42-10)26(18-22)40-8/h15-20,29-30,33-34H,11-14H2,1-10H3/t19-,20?,29?,30?/m0/s1. The molecule has 0 aliphatic rings. The predicted octanol–water partition coefficient (Wildman–Crippen LogP) is 4.68. The van der Waals surface area contributed by atoms with Crippen LogP contribution in [0, 0.1) is 11.8 Å². The van der Waals surface area contributed by atoms with Crippen LogP contribution in [-0.4, -0.2) is 81.1 Å². The zero-order valence-electron chi connectivity index (χ0n) is 27.5. The molecule has 0 heterocycles. The Morgan fingerprint density at radius 1 is 0.568 bits per heavy atom. The van der Waals surface area contributed by atoms with Gasteiger partial charge < -0.3 is 37.9 Å². The highest BCUT2D eigenvalue weighted by atomic mass is 16.6. The van der Waals surface area contributed by atoms with E-state index < -0.39 is 24.4 Å². The van der Waals surface area contributed by atoms with Gasteiger partial charge in [-0.1, -0.05) is 13.8 Å². The van der Waals surface area contributed by atoms with Crippen molar-refractivity contribution in [2.24, 2.45) is 11.8 Å². The first kappa shape index (κ1) is 36.3. The first-order chi connectivity index (χ1) is 21.2. The van der Waals surface area contributed by atoms with Crippen LogP contribution in [0.1, 0.15) is 60.2 Å². The van der Waals surface area contributed by atoms with Gasteiger partial charge >= 0.3 is 11.9 Å². The van der Waals surface area contributed by atoms with Crippen LogP contribution < -0.4 is 39.1 Å². The fourth-order valence-corrected chi connectivity index (χ4v) is 5.11. The van der Waals surface area contributed by atoms with E-state index in [0.29, 0.717) is 47.3 Å². The number of esters is 2. The predicted molar refractivity (Wildman–Crippen MR) is 166 cm³/mol. The number of carbonyl (C=O) groups is 2. The Morgan fingerprint density at radius 3 is 1.07 bits per heavy atom. The van der Waals surface area contributed by atoms with E-state index in [1.54, 1.807) is 38.4 Å². The van der Waals surface area contributed by atoms with Crippen molar-refractivity contribution in [2.45, 2.75) is 52.0 Å². The first-order valence-corrected chi connectivity index (χ1v) is 14.6. The van der Waals surface area contributed by atoms with E-state index in [1.165, 1.54) is 42.7 Å². The van der Waals surface area contributed by atoms with Crippen molar-refractivity contribution in [3.05, 3.63) is 35.4 Å². The van der Waals surface area contributed by atoms with E-state index in [0.717, 1.165) is 12.8 Å². The molecular formula is C32H48N2O10. The minimum absolute atomic E-state index is 0.0108. The molecule has 3 unspecified atom stereocenters. The van der Waals surface area contributed by atoms with Crippen molar-refractivity contribution in [1.82, 2.24) is 10.6 Å². The lowest BCUT2D eigenvalue weighted by Gasteiger charge is -2.30. The number of hydrogen-bond donors (Lipinski definition) is 2. The summed E-state index contributed by atoms with van der Waals surface area (Å²) in [6.45, 7) is 4.09. The minimum Gasteiger partial charge on any atom is -0.493 e. The Bertz CT molecular complexity index is 1080. The van der Waals surface area contributed by atoms with Crippen LogP contribution in [0.5, 0.6) is 34.5 Å². The molecule has 12 heteroatoms. The molecule has 0 amide bonds. The Balaban J connectivity index is 2.16. The van der Waals surface area contributed by atoms with Crippen LogP contribution in [-0.2, 0) is 9.47 Å². The second kappa shape index (κ2) is 18.0. The summed E-state index contributed by atoms with van der Waals surface area (Å²) in [5, 5.41) is 6.28. The fraction of sp³-hybridized carbons (Fsp3) is 0.562. The molecule has 4 atom stereocenters. The van der Waals surface area contributed by atoms with Crippen LogP contribution in [0.2, 0.25) is 0 Å². The summed E-state index contributed by atoms with van der Waals surface area (Å²) < 4.78 is 44.1. The molecule has 2 aromatic rings. The highest BCUT2D eigenvalue weighted by molar-refractivity contribution is 5.92. The van der Waals surface area contributed by atoms with E-state index >= 15 is 0 Å². The van der Waals surface area contributed by atoms with Crippen LogP contribution in [0.15, 0.2) is 24.3 Å². The van der Waals surface area contributed by atoms with Gasteiger partial charge in [0.05, 0.1) is 53.8 Å². The Morgan fingerprint density at radius 2 is 0.864 bits per heavy atom. The Labute approximate surface area is 260 Å². The lowest BCUT2D eigenvalue weighted by atomic mass is 9.90. The van der Waals surface area contributed by atoms with Gasteiger partial charge in [0.25, 0.3) is 0 Å². The lowest BCUT2D eigenvalue weighted by molar-refractivity contribution is -0.00957. The maximum atomic E-state index is 13.2. The van der Waals surface area contributed by atoms with Gasteiger partial charge in [0, 0.05) is 11.8 Å². The zero-order valence-corrected chi connectivity index (χ0v) is 27.5. The normalized spacial score (nSPS) is 13.6. The molecule has 0 aliphatic heterocycles. The second-order valence-corrected chi connectivity index (χ2v) is 9.97. The third-order valence-electron chi connectivity index (χ3n) is 7.65. The number of nitrogens with one attached hydrogen (secondary N) is 2. The van der Waals surface area contributed by atoms with E-state index in [-0.39, 0.29) is 23.0 Å². The van der Waals surface area contributed by atoms with Crippen LogP contribution in [0.25, 0.3) is 0 Å². The van der Waals surface area contributed by atoms with Gasteiger partial charge in [0.1, 0.15) is 0 Å². The van der Waals surface area contributed by atoms with Gasteiger partial charge in [-0.15, -0.1) is 0 Å². The van der Waals surface area contributed by atoms with Crippen molar-refractivity contribution < 1.29 is 47.5 Å². The van der Waals surface area contributed by atoms with Crippen molar-refractivity contribution in [3.63, 3.8) is 0 Å². The number of methoxy groups -OCH3 is 6. The van der Waals surface area contributed by atoms with Crippen molar-refractivity contribution in [3.8, 4) is 34.5 Å². The molecule has 0 fully saturated rings. The summed E-state index contributed by atoms with van der Waals surface area (Å²) in [6, 6.07) is 6.24. The molecule has 0 aromatic heterocycles. The second-order valence-electron chi connectivity index (χ2n) is 9.97. The minimum atomic E-state index is -0.557. The smallest absolute Gasteiger partial charge is 0.339 e. The summed E-state index contributed by atoms with van der Waals surface area (Å²) in [4.78, 5) is 26.4. The molecule has 12 nitrogen and oxygen atoms in total. The number of rotatable bonds is 19. The summed E-state index contributed by atoms with van der Waals surface area (Å²) in [6.07, 6.45) is 1.81. The number of ether oxygens (including phenoxy) is 8. The molecule has 0 aliphatic carbocycles. The van der Waals surface area contributed by atoms with Crippen LogP contribution in [0.4, 0.5) is 0 Å². The van der Waals surface area contributed by atoms with Crippen LogP contribution in [0.3, 0.4) is 0 Å². The molecule has 0 radical (unpaired) electrons. The van der Waals surface area contributed by atoms with Crippen LogP contribution >= 0.6 is 0 Å². The third kappa shape index (κ3) is 8.82. The van der Waals surface area contributed by atoms with E-state index in [9.17, 15) is 9.59 Å². The molecule has 0 spiro atoms. The monoisotopic (exact) mass is 620 g/mol. The van der Waals surface area contributed by atoms with Crippen molar-refractivity contribution in [2.75, 3.05) is 56.8 Å². The molecule has 0 bridgehead atoms. The van der Waals surface area contributed by atoms with E-state index in [1.807, 2.05) is 13.8 Å². The van der Waals surface area contributed by atoms with Crippen molar-refractivity contribution in [1.29, 1.82) is 0 Å². The van der Waals surface area contributed by atoms with Gasteiger partial charge in [-0.05, 0) is 64.0 Å². The molecule has 0 saturated heterocycles. The molecule has 246 valence electrons. The van der Waals surface area contributed by atoms with Gasteiger partial charge in [0.15, 0.2) is 35.5 Å². The molecule has 0 saturated carbocycles. The average Bonchev–Trinajstić information content (AvgIpc) is 3.06. The quantitative estimate of drug-likeness (QED) is 0.167. The SMILES string of the molecule is CCC(CC[C@H](CC)C(NC)OC(=O)c1cc(OC)c(OC)c(OC)c1)C(NC)OC(=O)c1cc(OC)c(OC)c(OC)c1. The third-order valence-corrected chi connectivity index (χ3v) is 7.65. The molecule has 2 N–H and O–H groups in total. The molecule has 44 heavy (non-hydrogen) atoms. The summed E-state index contributed by atoms with van der Waals surface area (Å²) in [5.41, 5.74) is 0.546. The lowest BCUT2D eigenvalue weighted by Crippen LogP contribution is -2.40. The maximum Gasteiger partial charge on any atom is 0.339 e. The summed E-state index contributed by atoms with van der Waals surface area (Å²) in [5.74, 6) is 1.13. The number of carbonyl (C=O) groups excluding carboxylic acids is 2. The largest absolute Gasteiger partial charge is 0.493 e. The van der Waals surface area contributed by atoms with E-state index in [2.05, 4.69) is 10.6 Å². The molecule has 2 aromatic carbocycles.